The highest BCUT2D eigenvalue weighted by molar-refractivity contribution is 6.30. The van der Waals surface area contributed by atoms with Crippen molar-refractivity contribution in [2.24, 2.45) is 0 Å². The van der Waals surface area contributed by atoms with E-state index in [9.17, 15) is 14.7 Å². The van der Waals surface area contributed by atoms with Crippen LogP contribution in [0.15, 0.2) is 60.7 Å². The minimum Gasteiger partial charge on any atom is -0.480 e. The Bertz CT molecular complexity index is 696. The third-order valence-electron chi connectivity index (χ3n) is 3.19. The van der Waals surface area contributed by atoms with E-state index in [1.165, 1.54) is 6.08 Å². The lowest BCUT2D eigenvalue weighted by Crippen LogP contribution is -2.41. The SMILES string of the molecule is O=C(C=Cc1ccc(Cl)cc1)N[C@H](Cc1ccccc1)C(=O)O. The second kappa shape index (κ2) is 8.15. The van der Waals surface area contributed by atoms with Gasteiger partial charge in [-0.25, -0.2) is 4.79 Å². The lowest BCUT2D eigenvalue weighted by molar-refractivity contribution is -0.141. The van der Waals surface area contributed by atoms with Crippen molar-refractivity contribution in [2.75, 3.05) is 0 Å². The summed E-state index contributed by atoms with van der Waals surface area (Å²) in [4.78, 5) is 23.2. The molecule has 0 aliphatic heterocycles. The first-order chi connectivity index (χ1) is 11.0. The number of carboxylic acid groups (broad SMARTS) is 1. The molecule has 0 heterocycles. The zero-order valence-corrected chi connectivity index (χ0v) is 13.0. The second-order valence-electron chi connectivity index (χ2n) is 4.97. The van der Waals surface area contributed by atoms with Crippen molar-refractivity contribution in [2.45, 2.75) is 12.5 Å². The van der Waals surface area contributed by atoms with Crippen molar-refractivity contribution in [3.63, 3.8) is 0 Å². The molecule has 0 spiro atoms. The molecule has 4 nitrogen and oxygen atoms in total. The van der Waals surface area contributed by atoms with Crippen LogP contribution in [0.4, 0.5) is 0 Å². The van der Waals surface area contributed by atoms with Crippen LogP contribution in [-0.2, 0) is 16.0 Å². The summed E-state index contributed by atoms with van der Waals surface area (Å²) in [5, 5.41) is 12.4. The van der Waals surface area contributed by atoms with Gasteiger partial charge in [0.25, 0.3) is 0 Å². The van der Waals surface area contributed by atoms with Crippen molar-refractivity contribution in [3.05, 3.63) is 76.8 Å². The first-order valence-corrected chi connectivity index (χ1v) is 7.43. The Hall–Kier alpha value is -2.59. The Morgan fingerprint density at radius 3 is 2.35 bits per heavy atom. The van der Waals surface area contributed by atoms with Gasteiger partial charge in [-0.1, -0.05) is 54.1 Å². The highest BCUT2D eigenvalue weighted by Gasteiger charge is 2.19. The van der Waals surface area contributed by atoms with E-state index in [-0.39, 0.29) is 6.42 Å². The fourth-order valence-electron chi connectivity index (χ4n) is 2.02. The van der Waals surface area contributed by atoms with Crippen LogP contribution in [0, 0.1) is 0 Å². The third-order valence-corrected chi connectivity index (χ3v) is 3.45. The molecule has 0 aliphatic rings. The van der Waals surface area contributed by atoms with E-state index in [2.05, 4.69) is 5.32 Å². The molecule has 0 fully saturated rings. The normalized spacial score (nSPS) is 12.0. The molecular formula is C18H16ClNO3. The molecule has 118 valence electrons. The fraction of sp³-hybridized carbons (Fsp3) is 0.111. The Balaban J connectivity index is 1.98. The van der Waals surface area contributed by atoms with Gasteiger partial charge in [-0.05, 0) is 29.3 Å². The van der Waals surface area contributed by atoms with Gasteiger partial charge >= 0.3 is 5.97 Å². The molecule has 0 saturated heterocycles. The number of carboxylic acids is 1. The second-order valence-corrected chi connectivity index (χ2v) is 5.41. The smallest absolute Gasteiger partial charge is 0.326 e. The van der Waals surface area contributed by atoms with Crippen molar-refractivity contribution < 1.29 is 14.7 Å². The number of nitrogens with one attached hydrogen (secondary N) is 1. The van der Waals surface area contributed by atoms with Gasteiger partial charge in [0.15, 0.2) is 0 Å². The lowest BCUT2D eigenvalue weighted by Gasteiger charge is -2.13. The van der Waals surface area contributed by atoms with Crippen LogP contribution >= 0.6 is 11.6 Å². The van der Waals surface area contributed by atoms with Gasteiger partial charge in [-0.3, -0.25) is 4.79 Å². The van der Waals surface area contributed by atoms with Crippen LogP contribution in [0.1, 0.15) is 11.1 Å². The molecule has 0 aliphatic carbocycles. The Morgan fingerprint density at radius 2 is 1.74 bits per heavy atom. The van der Waals surface area contributed by atoms with Crippen LogP contribution in [0.5, 0.6) is 0 Å². The summed E-state index contributed by atoms with van der Waals surface area (Å²) in [6, 6.07) is 15.2. The summed E-state index contributed by atoms with van der Waals surface area (Å²) in [5.74, 6) is -1.52. The van der Waals surface area contributed by atoms with Crippen LogP contribution in [-0.4, -0.2) is 23.0 Å². The van der Waals surface area contributed by atoms with Gasteiger partial charge in [0.2, 0.25) is 5.91 Å². The molecule has 0 saturated carbocycles. The predicted molar refractivity (Wildman–Crippen MR) is 90.2 cm³/mol. The largest absolute Gasteiger partial charge is 0.480 e. The minimum absolute atomic E-state index is 0.233. The Labute approximate surface area is 139 Å². The summed E-state index contributed by atoms with van der Waals surface area (Å²) in [6.07, 6.45) is 3.15. The van der Waals surface area contributed by atoms with Crippen molar-refractivity contribution in [1.82, 2.24) is 5.32 Å². The number of hydrogen-bond acceptors (Lipinski definition) is 2. The molecule has 0 bridgehead atoms. The molecule has 23 heavy (non-hydrogen) atoms. The van der Waals surface area contributed by atoms with E-state index in [0.29, 0.717) is 5.02 Å². The molecule has 1 amide bonds. The summed E-state index contributed by atoms with van der Waals surface area (Å²) in [5.41, 5.74) is 1.65. The number of carbonyl (C=O) groups is 2. The molecule has 0 unspecified atom stereocenters. The van der Waals surface area contributed by atoms with Crippen LogP contribution < -0.4 is 5.32 Å². The van der Waals surface area contributed by atoms with Gasteiger partial charge in [0.05, 0.1) is 0 Å². The standard InChI is InChI=1S/C18H16ClNO3/c19-15-9-6-13(7-10-15)8-11-17(21)20-16(18(22)23)12-14-4-2-1-3-5-14/h1-11,16H,12H2,(H,20,21)(H,22,23)/t16-/m1/s1. The maximum atomic E-state index is 11.9. The topological polar surface area (TPSA) is 66.4 Å². The average molecular weight is 330 g/mol. The molecular weight excluding hydrogens is 314 g/mol. The number of carbonyl (C=O) groups excluding carboxylic acids is 1. The molecule has 1 atom stereocenters. The molecule has 5 heteroatoms. The van der Waals surface area contributed by atoms with E-state index in [0.717, 1.165) is 11.1 Å². The quantitative estimate of drug-likeness (QED) is 0.800. The molecule has 2 rings (SSSR count). The van der Waals surface area contributed by atoms with E-state index in [1.807, 2.05) is 30.3 Å². The highest BCUT2D eigenvalue weighted by Crippen LogP contribution is 2.10. The number of rotatable bonds is 6. The van der Waals surface area contributed by atoms with Gasteiger partial charge < -0.3 is 10.4 Å². The lowest BCUT2D eigenvalue weighted by atomic mass is 10.1. The van der Waals surface area contributed by atoms with E-state index in [4.69, 9.17) is 11.6 Å². The fourth-order valence-corrected chi connectivity index (χ4v) is 2.14. The third kappa shape index (κ3) is 5.60. The molecule has 2 aromatic rings. The van der Waals surface area contributed by atoms with E-state index in [1.54, 1.807) is 30.3 Å². The van der Waals surface area contributed by atoms with E-state index < -0.39 is 17.9 Å². The van der Waals surface area contributed by atoms with Gasteiger partial charge in [-0.15, -0.1) is 0 Å². The van der Waals surface area contributed by atoms with Crippen molar-refractivity contribution in [1.29, 1.82) is 0 Å². The average Bonchev–Trinajstić information content (AvgIpc) is 2.54. The molecule has 2 N–H and O–H groups in total. The van der Waals surface area contributed by atoms with Gasteiger partial charge in [0, 0.05) is 17.5 Å². The molecule has 0 radical (unpaired) electrons. The molecule has 2 aromatic carbocycles. The van der Waals surface area contributed by atoms with E-state index >= 15 is 0 Å². The molecule has 0 aromatic heterocycles. The van der Waals surface area contributed by atoms with Gasteiger partial charge in [-0.2, -0.15) is 0 Å². The van der Waals surface area contributed by atoms with Crippen LogP contribution in [0.25, 0.3) is 6.08 Å². The van der Waals surface area contributed by atoms with Crippen LogP contribution in [0.2, 0.25) is 5.02 Å². The number of halogens is 1. The van der Waals surface area contributed by atoms with Crippen molar-refractivity contribution in [3.8, 4) is 0 Å². The van der Waals surface area contributed by atoms with Crippen LogP contribution in [0.3, 0.4) is 0 Å². The number of amides is 1. The Morgan fingerprint density at radius 1 is 1.09 bits per heavy atom. The maximum absolute atomic E-state index is 11.9. The summed E-state index contributed by atoms with van der Waals surface area (Å²) < 4.78 is 0. The zero-order valence-electron chi connectivity index (χ0n) is 12.3. The summed E-state index contributed by atoms with van der Waals surface area (Å²) in [7, 11) is 0. The zero-order chi connectivity index (χ0) is 16.7. The monoisotopic (exact) mass is 329 g/mol. The van der Waals surface area contributed by atoms with Crippen molar-refractivity contribution >= 4 is 29.6 Å². The predicted octanol–water partition coefficient (Wildman–Crippen LogP) is 3.17. The number of aliphatic carboxylic acids is 1. The summed E-state index contributed by atoms with van der Waals surface area (Å²) >= 11 is 5.79. The minimum atomic E-state index is -1.07. The maximum Gasteiger partial charge on any atom is 0.326 e. The number of benzene rings is 2. The Kier molecular flexibility index (Phi) is 5.94. The first kappa shape index (κ1) is 16.8. The highest BCUT2D eigenvalue weighted by atomic mass is 35.5. The van der Waals surface area contributed by atoms with Gasteiger partial charge in [0.1, 0.15) is 6.04 Å². The number of hydrogen-bond donors (Lipinski definition) is 2. The first-order valence-electron chi connectivity index (χ1n) is 7.05. The summed E-state index contributed by atoms with van der Waals surface area (Å²) in [6.45, 7) is 0.